The highest BCUT2D eigenvalue weighted by Crippen LogP contribution is 2.18. The Labute approximate surface area is 140 Å². The van der Waals surface area contributed by atoms with Crippen LogP contribution in [0.3, 0.4) is 0 Å². The summed E-state index contributed by atoms with van der Waals surface area (Å²) in [7, 11) is 3.71. The first-order valence-electron chi connectivity index (χ1n) is 7.48. The number of carbonyl (C=O) groups is 2. The van der Waals surface area contributed by atoms with E-state index in [1.807, 2.05) is 25.1 Å². The van der Waals surface area contributed by atoms with Crippen molar-refractivity contribution in [1.29, 1.82) is 0 Å². The van der Waals surface area contributed by atoms with Crippen molar-refractivity contribution in [3.8, 4) is 0 Å². The number of rotatable bonds is 6. The third-order valence-electron chi connectivity index (χ3n) is 3.72. The van der Waals surface area contributed by atoms with Gasteiger partial charge in [0.25, 0.3) is 5.91 Å². The van der Waals surface area contributed by atoms with E-state index in [9.17, 15) is 14.0 Å². The summed E-state index contributed by atoms with van der Waals surface area (Å²) in [5.41, 5.74) is 6.62. The summed E-state index contributed by atoms with van der Waals surface area (Å²) < 4.78 is 13.4. The number of likely N-dealkylation sites (N-methyl/N-ethyl adjacent to an activating group) is 1. The molecule has 3 N–H and O–H groups in total. The van der Waals surface area contributed by atoms with Gasteiger partial charge < -0.3 is 16.0 Å². The van der Waals surface area contributed by atoms with Crippen LogP contribution in [-0.4, -0.2) is 37.4 Å². The van der Waals surface area contributed by atoms with Crippen LogP contribution in [-0.2, 0) is 0 Å². The van der Waals surface area contributed by atoms with Crippen molar-refractivity contribution in [1.82, 2.24) is 10.2 Å². The highest BCUT2D eigenvalue weighted by Gasteiger charge is 2.17. The topological polar surface area (TPSA) is 75.4 Å². The number of hydrogen-bond donors (Lipinski definition) is 2. The lowest BCUT2D eigenvalue weighted by Gasteiger charge is -2.25. The Kier molecular flexibility index (Phi) is 5.65. The van der Waals surface area contributed by atoms with Crippen molar-refractivity contribution < 1.29 is 14.0 Å². The fraction of sp³-hybridized carbons (Fsp3) is 0.222. The molecule has 2 aromatic rings. The molecule has 0 spiro atoms. The maximum absolute atomic E-state index is 13.4. The fourth-order valence-electron chi connectivity index (χ4n) is 2.42. The van der Waals surface area contributed by atoms with Gasteiger partial charge in [0, 0.05) is 17.7 Å². The molecule has 0 radical (unpaired) electrons. The Bertz CT molecular complexity index is 747. The molecule has 0 fully saturated rings. The van der Waals surface area contributed by atoms with E-state index in [4.69, 9.17) is 5.73 Å². The van der Waals surface area contributed by atoms with Crippen LogP contribution in [0.2, 0.25) is 0 Å². The largest absolute Gasteiger partial charge is 0.366 e. The highest BCUT2D eigenvalue weighted by molar-refractivity contribution is 5.99. The summed E-state index contributed by atoms with van der Waals surface area (Å²) in [6.07, 6.45) is 0. The van der Waals surface area contributed by atoms with E-state index in [1.54, 1.807) is 24.3 Å². The van der Waals surface area contributed by atoms with Gasteiger partial charge >= 0.3 is 0 Å². The van der Waals surface area contributed by atoms with Gasteiger partial charge in [0.2, 0.25) is 5.91 Å². The van der Waals surface area contributed by atoms with Gasteiger partial charge in [-0.15, -0.1) is 0 Å². The SMILES string of the molecule is CN(C)[C@H](CNC(=O)c1cccc(C(N)=O)c1)c1cccc(F)c1. The van der Waals surface area contributed by atoms with Gasteiger partial charge in [0.15, 0.2) is 0 Å². The van der Waals surface area contributed by atoms with Crippen molar-refractivity contribution in [3.63, 3.8) is 0 Å². The van der Waals surface area contributed by atoms with E-state index in [-0.39, 0.29) is 23.3 Å². The second kappa shape index (κ2) is 7.70. The fourth-order valence-corrected chi connectivity index (χ4v) is 2.42. The molecule has 0 saturated carbocycles. The molecule has 0 saturated heterocycles. The van der Waals surface area contributed by atoms with Crippen molar-refractivity contribution in [2.24, 2.45) is 5.73 Å². The molecule has 0 aliphatic rings. The number of carbonyl (C=O) groups excluding carboxylic acids is 2. The molecule has 0 aliphatic carbocycles. The molecular formula is C18H20FN3O2. The first-order valence-corrected chi connectivity index (χ1v) is 7.48. The Morgan fingerprint density at radius 3 is 2.42 bits per heavy atom. The lowest BCUT2D eigenvalue weighted by atomic mass is 10.1. The molecule has 0 aromatic heterocycles. The lowest BCUT2D eigenvalue weighted by molar-refractivity contribution is 0.0942. The standard InChI is InChI=1S/C18H20FN3O2/c1-22(2)16(12-5-4-8-15(19)10-12)11-21-18(24)14-7-3-6-13(9-14)17(20)23/h3-10,16H,11H2,1-2H3,(H2,20,23)(H,21,24)/t16-/m1/s1. The maximum Gasteiger partial charge on any atom is 0.251 e. The van der Waals surface area contributed by atoms with Crippen molar-refractivity contribution in [2.45, 2.75) is 6.04 Å². The molecule has 2 amide bonds. The number of nitrogens with one attached hydrogen (secondary N) is 1. The predicted octanol–water partition coefficient (Wildman–Crippen LogP) is 1.96. The average Bonchev–Trinajstić information content (AvgIpc) is 2.54. The zero-order valence-electron chi connectivity index (χ0n) is 13.6. The molecule has 2 rings (SSSR count). The number of benzene rings is 2. The van der Waals surface area contributed by atoms with Crippen LogP contribution < -0.4 is 11.1 Å². The molecule has 2 aromatic carbocycles. The zero-order valence-corrected chi connectivity index (χ0v) is 13.6. The minimum atomic E-state index is -0.587. The normalized spacial score (nSPS) is 12.0. The summed E-state index contributed by atoms with van der Waals surface area (Å²) in [6, 6.07) is 12.3. The second-order valence-electron chi connectivity index (χ2n) is 5.69. The minimum Gasteiger partial charge on any atom is -0.366 e. The number of nitrogens with zero attached hydrogens (tertiary/aromatic N) is 1. The summed E-state index contributed by atoms with van der Waals surface area (Å²) in [4.78, 5) is 25.4. The first kappa shape index (κ1) is 17.6. The quantitative estimate of drug-likeness (QED) is 0.851. The molecule has 0 unspecified atom stereocenters. The van der Waals surface area contributed by atoms with Crippen LogP contribution in [0.15, 0.2) is 48.5 Å². The molecule has 126 valence electrons. The first-order chi connectivity index (χ1) is 11.4. The number of amides is 2. The van der Waals surface area contributed by atoms with Crippen LogP contribution in [0, 0.1) is 5.82 Å². The van der Waals surface area contributed by atoms with Crippen LogP contribution in [0.25, 0.3) is 0 Å². The third-order valence-corrected chi connectivity index (χ3v) is 3.72. The molecule has 24 heavy (non-hydrogen) atoms. The monoisotopic (exact) mass is 329 g/mol. The van der Waals surface area contributed by atoms with Crippen LogP contribution in [0.1, 0.15) is 32.3 Å². The third kappa shape index (κ3) is 4.39. The van der Waals surface area contributed by atoms with E-state index in [1.165, 1.54) is 18.2 Å². The number of hydrogen-bond acceptors (Lipinski definition) is 3. The summed E-state index contributed by atoms with van der Waals surface area (Å²) in [6.45, 7) is 0.302. The molecule has 6 heteroatoms. The number of primary amides is 1. The van der Waals surface area contributed by atoms with Gasteiger partial charge in [0.05, 0.1) is 6.04 Å². The van der Waals surface area contributed by atoms with Gasteiger partial charge in [-0.1, -0.05) is 18.2 Å². The second-order valence-corrected chi connectivity index (χ2v) is 5.69. The van der Waals surface area contributed by atoms with E-state index in [0.29, 0.717) is 12.1 Å². The van der Waals surface area contributed by atoms with Gasteiger partial charge in [-0.2, -0.15) is 0 Å². The van der Waals surface area contributed by atoms with Crippen LogP contribution in [0.5, 0.6) is 0 Å². The Morgan fingerprint density at radius 1 is 1.12 bits per heavy atom. The summed E-state index contributed by atoms with van der Waals surface area (Å²) in [5, 5.41) is 2.81. The molecule has 5 nitrogen and oxygen atoms in total. The van der Waals surface area contributed by atoms with E-state index >= 15 is 0 Å². The number of nitrogens with two attached hydrogens (primary N) is 1. The average molecular weight is 329 g/mol. The predicted molar refractivity (Wildman–Crippen MR) is 90.1 cm³/mol. The van der Waals surface area contributed by atoms with Crippen LogP contribution >= 0.6 is 0 Å². The van der Waals surface area contributed by atoms with Gasteiger partial charge in [-0.3, -0.25) is 9.59 Å². The minimum absolute atomic E-state index is 0.177. The van der Waals surface area contributed by atoms with E-state index < -0.39 is 5.91 Å². The molecule has 0 bridgehead atoms. The summed E-state index contributed by atoms with van der Waals surface area (Å²) >= 11 is 0. The Morgan fingerprint density at radius 2 is 1.79 bits per heavy atom. The van der Waals surface area contributed by atoms with Crippen LogP contribution in [0.4, 0.5) is 4.39 Å². The van der Waals surface area contributed by atoms with E-state index in [0.717, 1.165) is 5.56 Å². The summed E-state index contributed by atoms with van der Waals surface area (Å²) in [5.74, 6) is -1.23. The number of halogens is 1. The van der Waals surface area contributed by atoms with E-state index in [2.05, 4.69) is 5.32 Å². The van der Waals surface area contributed by atoms with Gasteiger partial charge in [-0.25, -0.2) is 4.39 Å². The Balaban J connectivity index is 2.10. The van der Waals surface area contributed by atoms with Crippen molar-refractivity contribution in [3.05, 3.63) is 71.0 Å². The molecule has 0 aliphatic heterocycles. The van der Waals surface area contributed by atoms with Gasteiger partial charge in [-0.05, 0) is 50.0 Å². The van der Waals surface area contributed by atoms with Gasteiger partial charge in [0.1, 0.15) is 5.82 Å². The highest BCUT2D eigenvalue weighted by atomic mass is 19.1. The zero-order chi connectivity index (χ0) is 17.7. The maximum atomic E-state index is 13.4. The Hall–Kier alpha value is -2.73. The molecular weight excluding hydrogens is 309 g/mol. The molecule has 1 atom stereocenters. The molecule has 0 heterocycles. The lowest BCUT2D eigenvalue weighted by Crippen LogP contribution is -2.34. The van der Waals surface area contributed by atoms with Crippen molar-refractivity contribution in [2.75, 3.05) is 20.6 Å². The smallest absolute Gasteiger partial charge is 0.251 e. The van der Waals surface area contributed by atoms with Crippen molar-refractivity contribution >= 4 is 11.8 Å².